The summed E-state index contributed by atoms with van der Waals surface area (Å²) in [6, 6.07) is 8.46. The van der Waals surface area contributed by atoms with Gasteiger partial charge in [-0.05, 0) is 43.9 Å². The summed E-state index contributed by atoms with van der Waals surface area (Å²) in [4.78, 5) is 30.7. The van der Waals surface area contributed by atoms with E-state index in [0.29, 0.717) is 5.69 Å². The Labute approximate surface area is 170 Å². The fourth-order valence-corrected chi connectivity index (χ4v) is 4.37. The molecule has 3 aromatic heterocycles. The number of benzene rings is 1. The molecule has 1 N–H and O–H groups in total. The van der Waals surface area contributed by atoms with E-state index in [1.54, 1.807) is 24.3 Å². The number of carbonyl (C=O) groups is 1. The Morgan fingerprint density at radius 1 is 1.28 bits per heavy atom. The van der Waals surface area contributed by atoms with E-state index in [1.165, 1.54) is 4.68 Å². The number of thiazole rings is 1. The molecule has 1 unspecified atom stereocenters. The van der Waals surface area contributed by atoms with Crippen LogP contribution in [0.1, 0.15) is 30.6 Å². The number of fused-ring (bicyclic) bond motifs is 2. The first-order valence-electron chi connectivity index (χ1n) is 9.53. The maximum Gasteiger partial charge on any atom is 0.267 e. The molecule has 5 rings (SSSR count). The summed E-state index contributed by atoms with van der Waals surface area (Å²) in [6.07, 6.45) is 6.67. The molecule has 29 heavy (non-hydrogen) atoms. The molecule has 8 heteroatoms. The Hall–Kier alpha value is -3.26. The van der Waals surface area contributed by atoms with Crippen LogP contribution < -0.4 is 10.9 Å². The van der Waals surface area contributed by atoms with Crippen molar-refractivity contribution in [2.24, 2.45) is 0 Å². The maximum absolute atomic E-state index is 12.8. The summed E-state index contributed by atoms with van der Waals surface area (Å²) in [5, 5.41) is 9.32. The number of imidazole rings is 1. The highest BCUT2D eigenvalue weighted by molar-refractivity contribution is 7.15. The highest BCUT2D eigenvalue weighted by Gasteiger charge is 2.21. The summed E-state index contributed by atoms with van der Waals surface area (Å²) in [7, 11) is 0. The van der Waals surface area contributed by atoms with Gasteiger partial charge in [0.25, 0.3) is 5.56 Å². The average Bonchev–Trinajstić information content (AvgIpc) is 3.42. The molecule has 0 saturated heterocycles. The molecule has 3 heterocycles. The van der Waals surface area contributed by atoms with Gasteiger partial charge in [0.05, 0.1) is 11.4 Å². The van der Waals surface area contributed by atoms with Crippen molar-refractivity contribution in [3.05, 3.63) is 69.7 Å². The van der Waals surface area contributed by atoms with Crippen LogP contribution in [0.3, 0.4) is 0 Å². The third kappa shape index (κ3) is 3.25. The first-order chi connectivity index (χ1) is 14.1. The van der Waals surface area contributed by atoms with Crippen molar-refractivity contribution >= 4 is 27.9 Å². The first-order valence-corrected chi connectivity index (χ1v) is 10.4. The SMILES string of the molecule is CC(C(=O)Nc1cccc(-c2cn3ccsc3n2)c1)n1nc2c(cc1=O)CCC2. The highest BCUT2D eigenvalue weighted by Crippen LogP contribution is 2.24. The zero-order valence-electron chi connectivity index (χ0n) is 15.8. The number of hydrogen-bond donors (Lipinski definition) is 1. The Morgan fingerprint density at radius 2 is 2.17 bits per heavy atom. The van der Waals surface area contributed by atoms with Crippen LogP contribution in [0.25, 0.3) is 16.2 Å². The predicted octanol–water partition coefficient (Wildman–Crippen LogP) is 3.31. The standard InChI is InChI=1S/C21H19N5O2S/c1-13(26-19(27)11-15-5-3-7-17(15)24-26)20(28)22-16-6-2-4-14(10-16)18-12-25-8-9-29-21(25)23-18/h2,4,6,8-13H,3,5,7H2,1H3,(H,22,28). The minimum Gasteiger partial charge on any atom is -0.324 e. The third-order valence-electron chi connectivity index (χ3n) is 5.25. The van der Waals surface area contributed by atoms with Gasteiger partial charge in [-0.1, -0.05) is 12.1 Å². The van der Waals surface area contributed by atoms with Crippen molar-refractivity contribution in [2.75, 3.05) is 5.32 Å². The second-order valence-electron chi connectivity index (χ2n) is 7.22. The van der Waals surface area contributed by atoms with E-state index in [2.05, 4.69) is 15.4 Å². The van der Waals surface area contributed by atoms with Crippen LogP contribution in [0.5, 0.6) is 0 Å². The van der Waals surface area contributed by atoms with Gasteiger partial charge in [-0.25, -0.2) is 9.67 Å². The van der Waals surface area contributed by atoms with Gasteiger partial charge in [0, 0.05) is 35.1 Å². The molecule has 7 nitrogen and oxygen atoms in total. The van der Waals surface area contributed by atoms with Crippen molar-refractivity contribution in [1.29, 1.82) is 0 Å². The molecule has 146 valence electrons. The minimum atomic E-state index is -0.699. The molecule has 1 aliphatic rings. The number of anilines is 1. The monoisotopic (exact) mass is 405 g/mol. The first kappa shape index (κ1) is 17.8. The molecule has 0 saturated carbocycles. The van der Waals surface area contributed by atoms with E-state index in [9.17, 15) is 9.59 Å². The second kappa shape index (κ2) is 6.97. The van der Waals surface area contributed by atoms with Crippen LogP contribution in [0.4, 0.5) is 5.69 Å². The van der Waals surface area contributed by atoms with Gasteiger partial charge in [0.15, 0.2) is 4.96 Å². The number of hydrogen-bond acceptors (Lipinski definition) is 5. The molecule has 0 spiro atoms. The summed E-state index contributed by atoms with van der Waals surface area (Å²) < 4.78 is 3.26. The zero-order valence-corrected chi connectivity index (χ0v) is 16.6. The van der Waals surface area contributed by atoms with Gasteiger partial charge in [-0.15, -0.1) is 11.3 Å². The molecular weight excluding hydrogens is 386 g/mol. The van der Waals surface area contributed by atoms with E-state index < -0.39 is 6.04 Å². The van der Waals surface area contributed by atoms with E-state index in [0.717, 1.165) is 46.7 Å². The van der Waals surface area contributed by atoms with Gasteiger partial charge in [-0.2, -0.15) is 5.10 Å². The number of carbonyl (C=O) groups excluding carboxylic acids is 1. The van der Waals surface area contributed by atoms with Crippen LogP contribution in [-0.2, 0) is 17.6 Å². The molecule has 0 radical (unpaired) electrons. The van der Waals surface area contributed by atoms with E-state index in [-0.39, 0.29) is 11.5 Å². The number of rotatable bonds is 4. The van der Waals surface area contributed by atoms with Crippen molar-refractivity contribution in [2.45, 2.75) is 32.2 Å². The van der Waals surface area contributed by atoms with Gasteiger partial charge < -0.3 is 5.32 Å². The van der Waals surface area contributed by atoms with Crippen molar-refractivity contribution < 1.29 is 4.79 Å². The Balaban J connectivity index is 1.38. The fraction of sp³-hybridized carbons (Fsp3) is 0.238. The lowest BCUT2D eigenvalue weighted by Gasteiger charge is -2.15. The fourth-order valence-electron chi connectivity index (χ4n) is 3.67. The number of amides is 1. The number of aryl methyl sites for hydroxylation is 2. The molecule has 1 amide bonds. The number of aromatic nitrogens is 4. The summed E-state index contributed by atoms with van der Waals surface area (Å²) in [5.74, 6) is -0.277. The quantitative estimate of drug-likeness (QED) is 0.565. The molecule has 0 aliphatic heterocycles. The molecule has 1 aliphatic carbocycles. The molecule has 4 aromatic rings. The topological polar surface area (TPSA) is 81.3 Å². The van der Waals surface area contributed by atoms with Crippen LogP contribution in [0.2, 0.25) is 0 Å². The third-order valence-corrected chi connectivity index (χ3v) is 6.02. The summed E-state index contributed by atoms with van der Waals surface area (Å²) in [6.45, 7) is 1.69. The van der Waals surface area contributed by atoms with Gasteiger partial charge in [-0.3, -0.25) is 14.0 Å². The Bertz CT molecular complexity index is 1260. The van der Waals surface area contributed by atoms with Crippen LogP contribution >= 0.6 is 11.3 Å². The number of nitrogens with one attached hydrogen (secondary N) is 1. The van der Waals surface area contributed by atoms with Gasteiger partial charge in [0.2, 0.25) is 5.91 Å². The van der Waals surface area contributed by atoms with Crippen LogP contribution in [0, 0.1) is 0 Å². The molecule has 1 atom stereocenters. The largest absolute Gasteiger partial charge is 0.324 e. The van der Waals surface area contributed by atoms with E-state index >= 15 is 0 Å². The van der Waals surface area contributed by atoms with E-state index in [1.807, 2.05) is 46.4 Å². The summed E-state index contributed by atoms with van der Waals surface area (Å²) >= 11 is 1.57. The lowest BCUT2D eigenvalue weighted by molar-refractivity contribution is -0.119. The van der Waals surface area contributed by atoms with Gasteiger partial charge >= 0.3 is 0 Å². The van der Waals surface area contributed by atoms with E-state index in [4.69, 9.17) is 0 Å². The molecular formula is C21H19N5O2S. The average molecular weight is 405 g/mol. The molecule has 0 fully saturated rings. The number of nitrogens with zero attached hydrogens (tertiary/aromatic N) is 4. The van der Waals surface area contributed by atoms with Crippen LogP contribution in [0.15, 0.2) is 52.9 Å². The second-order valence-corrected chi connectivity index (χ2v) is 8.09. The summed E-state index contributed by atoms with van der Waals surface area (Å²) in [5.41, 5.74) is 4.11. The van der Waals surface area contributed by atoms with Crippen molar-refractivity contribution in [1.82, 2.24) is 19.2 Å². The minimum absolute atomic E-state index is 0.236. The lowest BCUT2D eigenvalue weighted by atomic mass is 10.1. The van der Waals surface area contributed by atoms with Gasteiger partial charge in [0.1, 0.15) is 6.04 Å². The smallest absolute Gasteiger partial charge is 0.267 e. The normalized spacial score (nSPS) is 14.1. The Kier molecular flexibility index (Phi) is 4.28. The molecule has 1 aromatic carbocycles. The molecule has 0 bridgehead atoms. The zero-order chi connectivity index (χ0) is 20.0. The highest BCUT2D eigenvalue weighted by atomic mass is 32.1. The van der Waals surface area contributed by atoms with Crippen LogP contribution in [-0.4, -0.2) is 25.1 Å². The maximum atomic E-state index is 12.8. The van der Waals surface area contributed by atoms with Crippen molar-refractivity contribution in [3.8, 4) is 11.3 Å². The van der Waals surface area contributed by atoms with Crippen molar-refractivity contribution in [3.63, 3.8) is 0 Å². The predicted molar refractivity (Wildman–Crippen MR) is 112 cm³/mol. The lowest BCUT2D eigenvalue weighted by Crippen LogP contribution is -2.34. The Morgan fingerprint density at radius 3 is 3.03 bits per heavy atom.